The van der Waals surface area contributed by atoms with Crippen molar-refractivity contribution in [1.29, 1.82) is 0 Å². The summed E-state index contributed by atoms with van der Waals surface area (Å²) in [5.41, 5.74) is -0.171. The average Bonchev–Trinajstić information content (AvgIpc) is 2.16. The molecule has 4 nitrogen and oxygen atoms in total. The molecule has 0 atom stereocenters. The van der Waals surface area contributed by atoms with E-state index in [4.69, 9.17) is 9.84 Å². The van der Waals surface area contributed by atoms with Gasteiger partial charge in [0.1, 0.15) is 0 Å². The van der Waals surface area contributed by atoms with E-state index in [2.05, 4.69) is 4.98 Å². The van der Waals surface area contributed by atoms with Crippen molar-refractivity contribution in [2.75, 3.05) is 7.11 Å². The van der Waals surface area contributed by atoms with Gasteiger partial charge in [0.05, 0.1) is 13.5 Å². The zero-order chi connectivity index (χ0) is 11.4. The lowest BCUT2D eigenvalue weighted by atomic mass is 10.1. The molecule has 15 heavy (non-hydrogen) atoms. The van der Waals surface area contributed by atoms with E-state index in [1.54, 1.807) is 0 Å². The van der Waals surface area contributed by atoms with E-state index >= 15 is 0 Å². The number of halogens is 2. The van der Waals surface area contributed by atoms with Crippen LogP contribution in [0.25, 0.3) is 0 Å². The summed E-state index contributed by atoms with van der Waals surface area (Å²) in [6.45, 7) is 0. The summed E-state index contributed by atoms with van der Waals surface area (Å²) in [6.07, 6.45) is -2.10. The maximum Gasteiger partial charge on any atom is 0.308 e. The highest BCUT2D eigenvalue weighted by atomic mass is 19.3. The maximum absolute atomic E-state index is 12.3. The van der Waals surface area contributed by atoms with Crippen molar-refractivity contribution in [1.82, 2.24) is 4.98 Å². The normalized spacial score (nSPS) is 10.4. The van der Waals surface area contributed by atoms with Crippen LogP contribution < -0.4 is 4.74 Å². The van der Waals surface area contributed by atoms with Crippen LogP contribution in [-0.2, 0) is 11.2 Å². The van der Waals surface area contributed by atoms with Gasteiger partial charge in [0.15, 0.2) is 0 Å². The molecule has 1 aromatic heterocycles. The van der Waals surface area contributed by atoms with Crippen molar-refractivity contribution < 1.29 is 23.4 Å². The Morgan fingerprint density at radius 3 is 2.80 bits per heavy atom. The molecule has 0 aliphatic rings. The number of hydrogen-bond acceptors (Lipinski definition) is 3. The Morgan fingerprint density at radius 2 is 2.33 bits per heavy atom. The Kier molecular flexibility index (Phi) is 3.54. The van der Waals surface area contributed by atoms with Crippen LogP contribution in [0.5, 0.6) is 5.88 Å². The first kappa shape index (κ1) is 11.4. The van der Waals surface area contributed by atoms with E-state index in [-0.39, 0.29) is 17.0 Å². The number of carboxylic acid groups (broad SMARTS) is 1. The molecule has 1 N–H and O–H groups in total. The first-order chi connectivity index (χ1) is 7.04. The lowest BCUT2D eigenvalue weighted by Crippen LogP contribution is -2.04. The zero-order valence-corrected chi connectivity index (χ0v) is 7.91. The number of nitrogens with zero attached hydrogens (tertiary/aromatic N) is 1. The molecule has 1 heterocycles. The molecular formula is C9H9F2NO3. The molecule has 0 aliphatic heterocycles. The minimum Gasteiger partial charge on any atom is -0.481 e. The van der Waals surface area contributed by atoms with Gasteiger partial charge < -0.3 is 9.84 Å². The predicted molar refractivity (Wildman–Crippen MR) is 47.1 cm³/mol. The van der Waals surface area contributed by atoms with Gasteiger partial charge in [-0.15, -0.1) is 0 Å². The number of pyridine rings is 1. The van der Waals surface area contributed by atoms with E-state index in [9.17, 15) is 13.6 Å². The van der Waals surface area contributed by atoms with Crippen LogP contribution >= 0.6 is 0 Å². The second-order valence-electron chi connectivity index (χ2n) is 2.81. The van der Waals surface area contributed by atoms with Crippen LogP contribution in [0.1, 0.15) is 17.6 Å². The number of ether oxygens (including phenoxy) is 1. The fourth-order valence-electron chi connectivity index (χ4n) is 1.11. The van der Waals surface area contributed by atoms with Crippen molar-refractivity contribution in [3.05, 3.63) is 23.4 Å². The summed E-state index contributed by atoms with van der Waals surface area (Å²) in [5.74, 6) is -1.07. The largest absolute Gasteiger partial charge is 0.481 e. The molecule has 82 valence electrons. The third-order valence-electron chi connectivity index (χ3n) is 1.73. The highest BCUT2D eigenvalue weighted by Crippen LogP contribution is 2.23. The van der Waals surface area contributed by atoms with Crippen molar-refractivity contribution in [2.24, 2.45) is 0 Å². The molecule has 1 rings (SSSR count). The Hall–Kier alpha value is -1.72. The molecule has 0 radical (unpaired) electrons. The predicted octanol–water partition coefficient (Wildman–Crippen LogP) is 1.65. The van der Waals surface area contributed by atoms with E-state index in [1.807, 2.05) is 0 Å². The summed E-state index contributed by atoms with van der Waals surface area (Å²) in [5, 5.41) is 8.55. The smallest absolute Gasteiger partial charge is 0.308 e. The van der Waals surface area contributed by atoms with E-state index < -0.39 is 18.8 Å². The lowest BCUT2D eigenvalue weighted by molar-refractivity contribution is -0.136. The lowest BCUT2D eigenvalue weighted by Gasteiger charge is -2.07. The van der Waals surface area contributed by atoms with Gasteiger partial charge >= 0.3 is 5.97 Å². The molecule has 0 bridgehead atoms. The third kappa shape index (κ3) is 2.87. The molecule has 0 saturated heterocycles. The second-order valence-corrected chi connectivity index (χ2v) is 2.81. The first-order valence-corrected chi connectivity index (χ1v) is 4.07. The molecule has 0 unspecified atom stereocenters. The number of aliphatic carboxylic acids is 1. The maximum atomic E-state index is 12.3. The molecule has 0 aliphatic carbocycles. The Labute approximate surface area is 84.5 Å². The number of alkyl halides is 2. The SMILES string of the molecule is COc1ncc(C(F)F)cc1CC(=O)O. The van der Waals surface area contributed by atoms with Crippen molar-refractivity contribution in [3.8, 4) is 5.88 Å². The average molecular weight is 217 g/mol. The van der Waals surface area contributed by atoms with Crippen LogP contribution in [0.2, 0.25) is 0 Å². The topological polar surface area (TPSA) is 59.4 Å². The summed E-state index contributed by atoms with van der Waals surface area (Å²) in [7, 11) is 1.30. The standard InChI is InChI=1S/C9H9F2NO3/c1-15-9-5(3-7(13)14)2-6(4-12-9)8(10)11/h2,4,8H,3H2,1H3,(H,13,14). The summed E-state index contributed by atoms with van der Waals surface area (Å²) >= 11 is 0. The van der Waals surface area contributed by atoms with Crippen molar-refractivity contribution >= 4 is 5.97 Å². The van der Waals surface area contributed by atoms with Gasteiger partial charge in [0.25, 0.3) is 6.43 Å². The molecule has 0 aromatic carbocycles. The van der Waals surface area contributed by atoms with Crippen molar-refractivity contribution in [2.45, 2.75) is 12.8 Å². The summed E-state index contributed by atoms with van der Waals surface area (Å²) in [6, 6.07) is 1.09. The minimum absolute atomic E-state index is 0.0572. The van der Waals surface area contributed by atoms with Gasteiger partial charge in [-0.2, -0.15) is 0 Å². The van der Waals surface area contributed by atoms with Gasteiger partial charge in [-0.3, -0.25) is 4.79 Å². The molecule has 0 saturated carbocycles. The van der Waals surface area contributed by atoms with E-state index in [1.165, 1.54) is 7.11 Å². The van der Waals surface area contributed by atoms with Gasteiger partial charge in [0, 0.05) is 17.3 Å². The molecule has 0 amide bonds. The number of carbonyl (C=O) groups is 1. The molecular weight excluding hydrogens is 208 g/mol. The second kappa shape index (κ2) is 4.68. The van der Waals surface area contributed by atoms with Crippen LogP contribution in [0.4, 0.5) is 8.78 Å². The fraction of sp³-hybridized carbons (Fsp3) is 0.333. The molecule has 1 aromatic rings. The van der Waals surface area contributed by atoms with Crippen LogP contribution in [0.3, 0.4) is 0 Å². The monoisotopic (exact) mass is 217 g/mol. The summed E-state index contributed by atoms with van der Waals surface area (Å²) in [4.78, 5) is 14.1. The van der Waals surface area contributed by atoms with Crippen LogP contribution in [-0.4, -0.2) is 23.2 Å². The Morgan fingerprint density at radius 1 is 1.67 bits per heavy atom. The number of rotatable bonds is 4. The Bertz CT molecular complexity index is 368. The Balaban J connectivity index is 3.07. The van der Waals surface area contributed by atoms with Crippen LogP contribution in [0, 0.1) is 0 Å². The van der Waals surface area contributed by atoms with Gasteiger partial charge in [-0.05, 0) is 6.07 Å². The van der Waals surface area contributed by atoms with E-state index in [0.29, 0.717) is 0 Å². The quantitative estimate of drug-likeness (QED) is 0.833. The molecule has 0 fully saturated rings. The minimum atomic E-state index is -2.67. The van der Waals surface area contributed by atoms with Gasteiger partial charge in [-0.25, -0.2) is 13.8 Å². The highest BCUT2D eigenvalue weighted by molar-refractivity contribution is 5.71. The van der Waals surface area contributed by atoms with Gasteiger partial charge in [-0.1, -0.05) is 0 Å². The number of methoxy groups -OCH3 is 1. The number of hydrogen-bond donors (Lipinski definition) is 1. The highest BCUT2D eigenvalue weighted by Gasteiger charge is 2.14. The molecule has 0 spiro atoms. The van der Waals surface area contributed by atoms with Crippen LogP contribution in [0.15, 0.2) is 12.3 Å². The number of carboxylic acids is 1. The fourth-order valence-corrected chi connectivity index (χ4v) is 1.11. The van der Waals surface area contributed by atoms with Crippen molar-refractivity contribution in [3.63, 3.8) is 0 Å². The number of aromatic nitrogens is 1. The van der Waals surface area contributed by atoms with E-state index in [0.717, 1.165) is 12.3 Å². The first-order valence-electron chi connectivity index (χ1n) is 4.07. The van der Waals surface area contributed by atoms with Gasteiger partial charge in [0.2, 0.25) is 5.88 Å². The molecule has 6 heteroatoms. The zero-order valence-electron chi connectivity index (χ0n) is 7.91. The third-order valence-corrected chi connectivity index (χ3v) is 1.73. The summed E-state index contributed by atoms with van der Waals surface area (Å²) < 4.78 is 29.3.